The van der Waals surface area contributed by atoms with E-state index < -0.39 is 0 Å². The Balaban J connectivity index is 1.52. The van der Waals surface area contributed by atoms with Gasteiger partial charge in [-0.15, -0.1) is 0 Å². The van der Waals surface area contributed by atoms with Crippen LogP contribution in [0.2, 0.25) is 5.02 Å². The van der Waals surface area contributed by atoms with E-state index in [0.717, 1.165) is 33.4 Å². The highest BCUT2D eigenvalue weighted by molar-refractivity contribution is 6.33. The minimum Gasteiger partial charge on any atom is -0.483 e. The highest BCUT2D eigenvalue weighted by atomic mass is 35.5. The van der Waals surface area contributed by atoms with Crippen molar-refractivity contribution < 1.29 is 13.9 Å². The first kappa shape index (κ1) is 20.9. The SMILES string of the molecule is Cc1ccc(OCC(=O)Nc2ccc(Cl)c(-c3nc4cc(C)cc(C)c4o3)c2)c(C)c1. The molecule has 4 rings (SSSR count). The number of benzene rings is 3. The van der Waals surface area contributed by atoms with Gasteiger partial charge in [-0.05, 0) is 74.7 Å². The van der Waals surface area contributed by atoms with Gasteiger partial charge in [0, 0.05) is 5.69 Å². The Morgan fingerprint density at radius 3 is 2.55 bits per heavy atom. The molecule has 0 aliphatic carbocycles. The van der Waals surface area contributed by atoms with Crippen molar-refractivity contribution in [3.05, 3.63) is 75.8 Å². The number of carbonyl (C=O) groups is 1. The minimum absolute atomic E-state index is 0.0940. The number of oxazole rings is 1. The lowest BCUT2D eigenvalue weighted by Gasteiger charge is -2.11. The second-order valence-corrected chi connectivity index (χ2v) is 8.16. The van der Waals surface area contributed by atoms with E-state index in [2.05, 4.69) is 10.3 Å². The number of nitrogens with one attached hydrogen (secondary N) is 1. The highest BCUT2D eigenvalue weighted by Gasteiger charge is 2.15. The molecule has 0 unspecified atom stereocenters. The zero-order valence-corrected chi connectivity index (χ0v) is 18.6. The van der Waals surface area contributed by atoms with Crippen LogP contribution in [0.25, 0.3) is 22.6 Å². The molecule has 4 aromatic rings. The third-order valence-corrected chi connectivity index (χ3v) is 5.32. The van der Waals surface area contributed by atoms with Crippen LogP contribution in [0.15, 0.2) is 52.9 Å². The first-order valence-corrected chi connectivity index (χ1v) is 10.4. The van der Waals surface area contributed by atoms with Gasteiger partial charge in [-0.1, -0.05) is 35.4 Å². The molecule has 6 heteroatoms. The molecule has 1 heterocycles. The fourth-order valence-electron chi connectivity index (χ4n) is 3.56. The van der Waals surface area contributed by atoms with Crippen LogP contribution in [0.3, 0.4) is 0 Å². The second-order valence-electron chi connectivity index (χ2n) is 7.75. The monoisotopic (exact) mass is 434 g/mol. The number of anilines is 1. The number of halogens is 1. The summed E-state index contributed by atoms with van der Waals surface area (Å²) in [4.78, 5) is 17.0. The molecule has 3 aromatic carbocycles. The molecule has 31 heavy (non-hydrogen) atoms. The Morgan fingerprint density at radius 2 is 1.77 bits per heavy atom. The fraction of sp³-hybridized carbons (Fsp3) is 0.200. The van der Waals surface area contributed by atoms with E-state index >= 15 is 0 Å². The molecule has 0 bridgehead atoms. The maximum Gasteiger partial charge on any atom is 0.262 e. The van der Waals surface area contributed by atoms with Crippen LogP contribution in [-0.4, -0.2) is 17.5 Å². The van der Waals surface area contributed by atoms with E-state index in [1.165, 1.54) is 0 Å². The van der Waals surface area contributed by atoms with Crippen molar-refractivity contribution in [1.29, 1.82) is 0 Å². The van der Waals surface area contributed by atoms with Gasteiger partial charge in [0.2, 0.25) is 5.89 Å². The van der Waals surface area contributed by atoms with Gasteiger partial charge in [0.05, 0.1) is 10.6 Å². The molecule has 0 aliphatic heterocycles. The van der Waals surface area contributed by atoms with Gasteiger partial charge in [0.25, 0.3) is 5.91 Å². The summed E-state index contributed by atoms with van der Waals surface area (Å²) in [5, 5.41) is 3.33. The summed E-state index contributed by atoms with van der Waals surface area (Å²) in [6, 6.07) is 15.1. The van der Waals surface area contributed by atoms with Crippen LogP contribution >= 0.6 is 11.6 Å². The van der Waals surface area contributed by atoms with E-state index in [9.17, 15) is 4.79 Å². The number of hydrogen-bond donors (Lipinski definition) is 1. The van der Waals surface area contributed by atoms with Crippen molar-refractivity contribution in [2.45, 2.75) is 27.7 Å². The first-order valence-electron chi connectivity index (χ1n) is 9.98. The van der Waals surface area contributed by atoms with E-state index in [1.54, 1.807) is 18.2 Å². The Kier molecular flexibility index (Phi) is 5.70. The normalized spacial score (nSPS) is 11.0. The summed E-state index contributed by atoms with van der Waals surface area (Å²) in [5.41, 5.74) is 6.97. The third-order valence-electron chi connectivity index (χ3n) is 4.99. The largest absolute Gasteiger partial charge is 0.483 e. The molecule has 0 spiro atoms. The molecule has 0 radical (unpaired) electrons. The maximum absolute atomic E-state index is 12.4. The molecule has 0 atom stereocenters. The van der Waals surface area contributed by atoms with E-state index in [-0.39, 0.29) is 12.5 Å². The Bertz CT molecular complexity index is 1290. The fourth-order valence-corrected chi connectivity index (χ4v) is 3.76. The van der Waals surface area contributed by atoms with Gasteiger partial charge < -0.3 is 14.5 Å². The number of fused-ring (bicyclic) bond motifs is 1. The van der Waals surface area contributed by atoms with Crippen molar-refractivity contribution in [1.82, 2.24) is 4.98 Å². The van der Waals surface area contributed by atoms with Crippen LogP contribution < -0.4 is 10.1 Å². The minimum atomic E-state index is -0.266. The zero-order valence-electron chi connectivity index (χ0n) is 17.9. The highest BCUT2D eigenvalue weighted by Crippen LogP contribution is 2.33. The van der Waals surface area contributed by atoms with Crippen molar-refractivity contribution in [3.63, 3.8) is 0 Å². The number of carbonyl (C=O) groups excluding carboxylic acids is 1. The molecule has 0 saturated heterocycles. The van der Waals surface area contributed by atoms with Crippen LogP contribution in [0, 0.1) is 27.7 Å². The first-order chi connectivity index (χ1) is 14.8. The summed E-state index contributed by atoms with van der Waals surface area (Å²) < 4.78 is 11.6. The quantitative estimate of drug-likeness (QED) is 0.394. The standard InChI is InChI=1S/C25H23ClN2O3/c1-14-5-8-22(16(3)9-14)30-13-23(29)27-18-6-7-20(26)19(12-18)25-28-21-11-15(2)10-17(4)24(21)31-25/h5-12H,13H2,1-4H3,(H,27,29). The lowest BCUT2D eigenvalue weighted by Crippen LogP contribution is -2.20. The molecule has 1 amide bonds. The summed E-state index contributed by atoms with van der Waals surface area (Å²) in [5.74, 6) is 0.836. The van der Waals surface area contributed by atoms with Crippen molar-refractivity contribution in [2.75, 3.05) is 11.9 Å². The van der Waals surface area contributed by atoms with Gasteiger partial charge >= 0.3 is 0 Å². The molecule has 5 nitrogen and oxygen atoms in total. The number of ether oxygens (including phenoxy) is 1. The second kappa shape index (κ2) is 8.44. The van der Waals surface area contributed by atoms with Gasteiger partial charge in [0.15, 0.2) is 12.2 Å². The molecule has 1 N–H and O–H groups in total. The summed E-state index contributed by atoms with van der Waals surface area (Å²) in [7, 11) is 0. The van der Waals surface area contributed by atoms with E-state index in [1.807, 2.05) is 58.0 Å². The van der Waals surface area contributed by atoms with E-state index in [4.69, 9.17) is 20.8 Å². The number of amides is 1. The van der Waals surface area contributed by atoms with Crippen molar-refractivity contribution in [2.24, 2.45) is 0 Å². The summed E-state index contributed by atoms with van der Waals surface area (Å²) in [6.45, 7) is 7.88. The molecule has 0 fully saturated rings. The lowest BCUT2D eigenvalue weighted by atomic mass is 10.1. The van der Waals surface area contributed by atoms with Crippen molar-refractivity contribution in [3.8, 4) is 17.2 Å². The Labute approximate surface area is 186 Å². The molecule has 0 aliphatic rings. The molecule has 1 aromatic heterocycles. The predicted molar refractivity (Wildman–Crippen MR) is 124 cm³/mol. The number of aromatic nitrogens is 1. The van der Waals surface area contributed by atoms with Crippen LogP contribution in [0.1, 0.15) is 22.3 Å². The van der Waals surface area contributed by atoms with Crippen LogP contribution in [0.4, 0.5) is 5.69 Å². The van der Waals surface area contributed by atoms with Gasteiger partial charge in [-0.2, -0.15) is 0 Å². The van der Waals surface area contributed by atoms with Gasteiger partial charge in [0.1, 0.15) is 11.3 Å². The average molecular weight is 435 g/mol. The number of nitrogens with zero attached hydrogens (tertiary/aromatic N) is 1. The van der Waals surface area contributed by atoms with Crippen LogP contribution in [0.5, 0.6) is 5.75 Å². The van der Waals surface area contributed by atoms with E-state index in [0.29, 0.717) is 27.9 Å². The Morgan fingerprint density at radius 1 is 1.00 bits per heavy atom. The van der Waals surface area contributed by atoms with Gasteiger partial charge in [-0.25, -0.2) is 4.98 Å². The number of hydrogen-bond acceptors (Lipinski definition) is 4. The summed E-state index contributed by atoms with van der Waals surface area (Å²) in [6.07, 6.45) is 0. The number of aryl methyl sites for hydroxylation is 4. The topological polar surface area (TPSA) is 64.4 Å². The van der Waals surface area contributed by atoms with Gasteiger partial charge in [-0.3, -0.25) is 4.79 Å². The Hall–Kier alpha value is -3.31. The van der Waals surface area contributed by atoms with Crippen LogP contribution in [-0.2, 0) is 4.79 Å². The zero-order chi connectivity index (χ0) is 22.1. The summed E-state index contributed by atoms with van der Waals surface area (Å²) >= 11 is 6.40. The maximum atomic E-state index is 12.4. The third kappa shape index (κ3) is 4.57. The molecular formula is C25H23ClN2O3. The average Bonchev–Trinajstić information content (AvgIpc) is 3.13. The molecule has 0 saturated carbocycles. The predicted octanol–water partition coefficient (Wildman–Crippen LogP) is 6.40. The molecule has 158 valence electrons. The smallest absolute Gasteiger partial charge is 0.262 e. The number of rotatable bonds is 5. The molecular weight excluding hydrogens is 412 g/mol. The lowest BCUT2D eigenvalue weighted by molar-refractivity contribution is -0.118. The van der Waals surface area contributed by atoms with Crippen molar-refractivity contribution >= 4 is 34.3 Å².